The molecule has 0 fully saturated rings. The third-order valence-electron chi connectivity index (χ3n) is 6.32. The molecule has 0 radical (unpaired) electrons. The number of hydrogen-bond acceptors (Lipinski definition) is 7. The molecule has 1 amide bonds. The first kappa shape index (κ1) is 22.0. The summed E-state index contributed by atoms with van der Waals surface area (Å²) in [7, 11) is 0. The summed E-state index contributed by atoms with van der Waals surface area (Å²) >= 11 is 0. The Kier molecular flexibility index (Phi) is 5.06. The first-order valence-corrected chi connectivity index (χ1v) is 11.4. The Labute approximate surface area is 204 Å². The van der Waals surface area contributed by atoms with Crippen LogP contribution in [0.1, 0.15) is 40.2 Å². The summed E-state index contributed by atoms with van der Waals surface area (Å²) in [5.41, 5.74) is 1.01. The zero-order chi connectivity index (χ0) is 25.0. The maximum absolute atomic E-state index is 14.0. The predicted molar refractivity (Wildman–Crippen MR) is 126 cm³/mol. The molecular formula is C27H20FNO7. The van der Waals surface area contributed by atoms with Gasteiger partial charge in [0.1, 0.15) is 11.4 Å². The van der Waals surface area contributed by atoms with E-state index in [4.69, 9.17) is 18.6 Å². The zero-order valence-corrected chi connectivity index (χ0v) is 19.1. The van der Waals surface area contributed by atoms with Crippen molar-refractivity contribution in [1.82, 2.24) is 4.90 Å². The number of carbonyl (C=O) groups excluding carboxylic acids is 1. The van der Waals surface area contributed by atoms with Crippen molar-refractivity contribution in [3.63, 3.8) is 0 Å². The summed E-state index contributed by atoms with van der Waals surface area (Å²) in [5.74, 6) is 0.146. The van der Waals surface area contributed by atoms with Crippen molar-refractivity contribution < 1.29 is 32.9 Å². The summed E-state index contributed by atoms with van der Waals surface area (Å²) in [5, 5.41) is 10.3. The molecule has 0 spiro atoms. The van der Waals surface area contributed by atoms with Crippen molar-refractivity contribution in [2.75, 3.05) is 13.4 Å². The number of amides is 1. The number of benzene rings is 3. The van der Waals surface area contributed by atoms with Gasteiger partial charge in [0, 0.05) is 6.54 Å². The van der Waals surface area contributed by atoms with Crippen LogP contribution in [0.5, 0.6) is 23.0 Å². The number of aromatic hydroxyl groups is 1. The maximum Gasteiger partial charge on any atom is 0.291 e. The first-order chi connectivity index (χ1) is 17.4. The highest BCUT2D eigenvalue weighted by Gasteiger charge is 2.43. The number of nitrogens with zero attached hydrogens (tertiary/aromatic N) is 1. The molecule has 0 saturated heterocycles. The van der Waals surface area contributed by atoms with Gasteiger partial charge in [-0.2, -0.15) is 0 Å². The summed E-state index contributed by atoms with van der Waals surface area (Å²) in [6.07, 6.45) is 0. The number of rotatable bonds is 5. The summed E-state index contributed by atoms with van der Waals surface area (Å²) < 4.78 is 36.2. The van der Waals surface area contributed by atoms with E-state index in [2.05, 4.69) is 0 Å². The van der Waals surface area contributed by atoms with Gasteiger partial charge in [0.25, 0.3) is 5.91 Å². The number of carbonyl (C=O) groups is 1. The smallest absolute Gasteiger partial charge is 0.291 e. The van der Waals surface area contributed by atoms with Crippen LogP contribution in [-0.2, 0) is 6.54 Å². The molecular weight excluding hydrogens is 469 g/mol. The molecule has 6 rings (SSSR count). The monoisotopic (exact) mass is 489 g/mol. The van der Waals surface area contributed by atoms with Crippen LogP contribution in [0, 0.1) is 5.82 Å². The highest BCUT2D eigenvalue weighted by atomic mass is 19.1. The molecule has 1 atom stereocenters. The van der Waals surface area contributed by atoms with Crippen LogP contribution in [0.2, 0.25) is 0 Å². The summed E-state index contributed by atoms with van der Waals surface area (Å²) in [4.78, 5) is 28.8. The average Bonchev–Trinajstić information content (AvgIpc) is 3.44. The van der Waals surface area contributed by atoms with E-state index < -0.39 is 23.2 Å². The molecule has 9 heteroatoms. The second-order valence-corrected chi connectivity index (χ2v) is 8.50. The molecule has 2 aliphatic rings. The van der Waals surface area contributed by atoms with Gasteiger partial charge in [-0.1, -0.05) is 12.1 Å². The van der Waals surface area contributed by atoms with Gasteiger partial charge < -0.3 is 28.6 Å². The average molecular weight is 489 g/mol. The zero-order valence-electron chi connectivity index (χ0n) is 19.1. The topological polar surface area (TPSA) is 98.4 Å². The van der Waals surface area contributed by atoms with E-state index in [1.54, 1.807) is 31.2 Å². The minimum Gasteiger partial charge on any atom is -0.504 e. The number of phenols is 1. The fourth-order valence-corrected chi connectivity index (χ4v) is 4.71. The van der Waals surface area contributed by atoms with Crippen LogP contribution in [0.25, 0.3) is 11.0 Å². The van der Waals surface area contributed by atoms with Gasteiger partial charge in [-0.05, 0) is 60.5 Å². The fourth-order valence-electron chi connectivity index (χ4n) is 4.71. The van der Waals surface area contributed by atoms with Crippen LogP contribution >= 0.6 is 0 Å². The van der Waals surface area contributed by atoms with E-state index in [1.165, 1.54) is 23.1 Å². The lowest BCUT2D eigenvalue weighted by molar-refractivity contribution is 0.0714. The van der Waals surface area contributed by atoms with Gasteiger partial charge in [-0.3, -0.25) is 9.59 Å². The van der Waals surface area contributed by atoms with E-state index >= 15 is 0 Å². The molecule has 1 N–H and O–H groups in total. The van der Waals surface area contributed by atoms with Gasteiger partial charge >= 0.3 is 0 Å². The Morgan fingerprint density at radius 2 is 1.89 bits per heavy atom. The molecule has 1 aromatic heterocycles. The van der Waals surface area contributed by atoms with Crippen LogP contribution in [0.3, 0.4) is 0 Å². The molecule has 0 aliphatic carbocycles. The normalized spacial score (nSPS) is 16.0. The standard InChI is InChI=1S/C27H20FNO7/c1-2-33-21-10-15(4-6-18(21)30)24-23-25(31)17-11-16(28)5-8-19(17)36-26(23)27(32)29(24)12-14-3-7-20-22(9-14)35-13-34-20/h3-11,24,30H,2,12-13H2,1H3/t24-/m1/s1. The molecule has 8 nitrogen and oxygen atoms in total. The molecule has 3 heterocycles. The SMILES string of the molecule is CCOc1cc([C@@H]2c3c(oc4ccc(F)cc4c3=O)C(=O)N2Cc2ccc3c(c2)OCO3)ccc1O. The molecule has 182 valence electrons. The van der Waals surface area contributed by atoms with Crippen molar-refractivity contribution in [1.29, 1.82) is 0 Å². The Bertz CT molecular complexity index is 1600. The van der Waals surface area contributed by atoms with Crippen molar-refractivity contribution in [2.24, 2.45) is 0 Å². The van der Waals surface area contributed by atoms with E-state index in [-0.39, 0.29) is 47.1 Å². The molecule has 3 aromatic carbocycles. The van der Waals surface area contributed by atoms with Crippen LogP contribution < -0.4 is 19.6 Å². The molecule has 2 aliphatic heterocycles. The molecule has 0 saturated carbocycles. The summed E-state index contributed by atoms with van der Waals surface area (Å²) in [6.45, 7) is 2.33. The number of halogens is 1. The van der Waals surface area contributed by atoms with Crippen molar-refractivity contribution in [2.45, 2.75) is 19.5 Å². The third kappa shape index (κ3) is 3.43. The predicted octanol–water partition coefficient (Wildman–Crippen LogP) is 4.51. The number of ether oxygens (including phenoxy) is 3. The molecule has 4 aromatic rings. The number of fused-ring (bicyclic) bond motifs is 3. The summed E-state index contributed by atoms with van der Waals surface area (Å²) in [6, 6.07) is 12.8. The second kappa shape index (κ2) is 8.30. The van der Waals surface area contributed by atoms with Gasteiger partial charge in [-0.15, -0.1) is 0 Å². The largest absolute Gasteiger partial charge is 0.504 e. The highest BCUT2D eigenvalue weighted by Crippen LogP contribution is 2.42. The lowest BCUT2D eigenvalue weighted by Gasteiger charge is -2.26. The Morgan fingerprint density at radius 1 is 1.06 bits per heavy atom. The Balaban J connectivity index is 1.53. The van der Waals surface area contributed by atoms with Crippen LogP contribution in [0.15, 0.2) is 63.8 Å². The minimum atomic E-state index is -0.860. The maximum atomic E-state index is 14.0. The first-order valence-electron chi connectivity index (χ1n) is 11.4. The van der Waals surface area contributed by atoms with E-state index in [0.717, 1.165) is 11.6 Å². The van der Waals surface area contributed by atoms with E-state index in [9.17, 15) is 19.1 Å². The second-order valence-electron chi connectivity index (χ2n) is 8.50. The Morgan fingerprint density at radius 3 is 2.72 bits per heavy atom. The van der Waals surface area contributed by atoms with E-state index in [0.29, 0.717) is 23.7 Å². The third-order valence-corrected chi connectivity index (χ3v) is 6.32. The van der Waals surface area contributed by atoms with Crippen LogP contribution in [0.4, 0.5) is 4.39 Å². The molecule has 36 heavy (non-hydrogen) atoms. The van der Waals surface area contributed by atoms with E-state index in [1.807, 2.05) is 6.07 Å². The minimum absolute atomic E-state index is 0.0419. The number of phenolic OH excluding ortho intramolecular Hbond substituents is 1. The molecule has 0 bridgehead atoms. The lowest BCUT2D eigenvalue weighted by Crippen LogP contribution is -2.29. The fraction of sp³-hybridized carbons (Fsp3) is 0.185. The van der Waals surface area contributed by atoms with Crippen molar-refractivity contribution in [3.8, 4) is 23.0 Å². The quantitative estimate of drug-likeness (QED) is 0.440. The highest BCUT2D eigenvalue weighted by molar-refractivity contribution is 5.99. The van der Waals surface area contributed by atoms with Gasteiger partial charge in [0.15, 0.2) is 28.4 Å². The van der Waals surface area contributed by atoms with Gasteiger partial charge in [0.05, 0.1) is 23.6 Å². The van der Waals surface area contributed by atoms with Crippen molar-refractivity contribution in [3.05, 3.63) is 93.1 Å². The molecule has 0 unspecified atom stereocenters. The Hall–Kier alpha value is -4.53. The van der Waals surface area contributed by atoms with Gasteiger partial charge in [0.2, 0.25) is 12.6 Å². The number of hydrogen-bond donors (Lipinski definition) is 1. The van der Waals surface area contributed by atoms with Crippen LogP contribution in [-0.4, -0.2) is 29.3 Å². The van der Waals surface area contributed by atoms with Crippen molar-refractivity contribution >= 4 is 16.9 Å². The lowest BCUT2D eigenvalue weighted by atomic mass is 9.97. The van der Waals surface area contributed by atoms with Gasteiger partial charge in [-0.25, -0.2) is 4.39 Å².